The van der Waals surface area contributed by atoms with Crippen molar-refractivity contribution in [1.29, 1.82) is 0 Å². The second-order valence-corrected chi connectivity index (χ2v) is 5.46. The number of hydrogen-bond donors (Lipinski definition) is 1. The van der Waals surface area contributed by atoms with Crippen LogP contribution in [0.25, 0.3) is 0 Å². The summed E-state index contributed by atoms with van der Waals surface area (Å²) in [5.74, 6) is -0.222. The minimum atomic E-state index is -0.588. The number of hydrogen-bond acceptors (Lipinski definition) is 3. The van der Waals surface area contributed by atoms with Crippen molar-refractivity contribution in [3.8, 4) is 0 Å². The summed E-state index contributed by atoms with van der Waals surface area (Å²) in [4.78, 5) is 26.0. The highest BCUT2D eigenvalue weighted by molar-refractivity contribution is 6.15. The lowest BCUT2D eigenvalue weighted by Crippen LogP contribution is -2.41. The lowest BCUT2D eigenvalue weighted by atomic mass is 9.94. The molecule has 0 spiro atoms. The summed E-state index contributed by atoms with van der Waals surface area (Å²) in [5, 5.41) is 0. The van der Waals surface area contributed by atoms with Gasteiger partial charge in [0.2, 0.25) is 11.8 Å². The average Bonchev–Trinajstić information content (AvgIpc) is 3.01. The van der Waals surface area contributed by atoms with E-state index in [9.17, 15) is 9.59 Å². The van der Waals surface area contributed by atoms with Crippen molar-refractivity contribution in [2.45, 2.75) is 31.7 Å². The topological polar surface area (TPSA) is 63.4 Å². The first-order valence-corrected chi connectivity index (χ1v) is 6.22. The molecule has 2 aliphatic rings. The zero-order chi connectivity index (χ0) is 13.1. The van der Waals surface area contributed by atoms with Crippen LogP contribution >= 0.6 is 0 Å². The quantitative estimate of drug-likeness (QED) is 0.630. The van der Waals surface area contributed by atoms with E-state index in [4.69, 9.17) is 5.73 Å². The Balaban J connectivity index is 2.02. The van der Waals surface area contributed by atoms with Crippen LogP contribution in [0.3, 0.4) is 0 Å². The van der Waals surface area contributed by atoms with E-state index in [0.717, 1.165) is 5.56 Å². The van der Waals surface area contributed by atoms with E-state index in [-0.39, 0.29) is 23.8 Å². The lowest BCUT2D eigenvalue weighted by Gasteiger charge is -2.23. The highest BCUT2D eigenvalue weighted by atomic mass is 16.2. The Kier molecular flexibility index (Phi) is 2.09. The van der Waals surface area contributed by atoms with Crippen LogP contribution in [0, 0.1) is 5.92 Å². The number of nitrogens with zero attached hydrogens (tertiary/aromatic N) is 1. The van der Waals surface area contributed by atoms with E-state index in [1.807, 2.05) is 26.0 Å². The number of rotatable bonds is 2. The average molecular weight is 244 g/mol. The maximum absolute atomic E-state index is 12.5. The first-order valence-electron chi connectivity index (χ1n) is 6.22. The van der Waals surface area contributed by atoms with Gasteiger partial charge in [-0.15, -0.1) is 0 Å². The molecule has 1 aliphatic carbocycles. The monoisotopic (exact) mass is 244 g/mol. The predicted molar refractivity (Wildman–Crippen MR) is 67.6 cm³/mol. The van der Waals surface area contributed by atoms with Gasteiger partial charge in [0, 0.05) is 11.7 Å². The lowest BCUT2D eigenvalue weighted by molar-refractivity contribution is -0.143. The Hall–Kier alpha value is -1.84. The number of anilines is 1. The normalized spacial score (nSPS) is 29.9. The molecule has 0 aromatic heterocycles. The highest BCUT2D eigenvalue weighted by Gasteiger charge is 2.72. The van der Waals surface area contributed by atoms with Crippen molar-refractivity contribution in [2.75, 3.05) is 5.73 Å². The Bertz CT molecular complexity index is 535. The second kappa shape index (κ2) is 3.34. The van der Waals surface area contributed by atoms with Gasteiger partial charge in [0.25, 0.3) is 0 Å². The van der Waals surface area contributed by atoms with Gasteiger partial charge in [0.15, 0.2) is 0 Å². The molecule has 18 heavy (non-hydrogen) atoms. The maximum atomic E-state index is 12.5. The van der Waals surface area contributed by atoms with E-state index in [2.05, 4.69) is 0 Å². The van der Waals surface area contributed by atoms with Gasteiger partial charge in [-0.05, 0) is 38.0 Å². The molecular weight excluding hydrogens is 228 g/mol. The fourth-order valence-electron chi connectivity index (χ4n) is 2.99. The molecule has 3 rings (SSSR count). The Morgan fingerprint density at radius 1 is 1.28 bits per heavy atom. The first kappa shape index (κ1) is 11.3. The molecule has 1 saturated heterocycles. The third kappa shape index (κ3) is 1.20. The van der Waals surface area contributed by atoms with Crippen molar-refractivity contribution in [3.63, 3.8) is 0 Å². The standard InChI is InChI=1S/C14H16N2O2/c1-8(2)16-12(17)11-7-14(11,13(16)18)9-3-5-10(15)6-4-9/h3-6,8,11H,7,15H2,1-2H3. The van der Waals surface area contributed by atoms with Crippen LogP contribution in [-0.4, -0.2) is 22.8 Å². The summed E-state index contributed by atoms with van der Waals surface area (Å²) < 4.78 is 0. The summed E-state index contributed by atoms with van der Waals surface area (Å²) >= 11 is 0. The van der Waals surface area contributed by atoms with Crippen LogP contribution in [0.15, 0.2) is 24.3 Å². The minimum Gasteiger partial charge on any atom is -0.399 e. The summed E-state index contributed by atoms with van der Waals surface area (Å²) in [5.41, 5.74) is 6.66. The summed E-state index contributed by atoms with van der Waals surface area (Å²) in [6.07, 6.45) is 0.651. The van der Waals surface area contributed by atoms with Crippen LogP contribution in [0.4, 0.5) is 5.69 Å². The number of nitrogen functional groups attached to an aromatic ring is 1. The smallest absolute Gasteiger partial charge is 0.240 e. The number of benzene rings is 1. The molecule has 2 fully saturated rings. The van der Waals surface area contributed by atoms with Crippen molar-refractivity contribution in [3.05, 3.63) is 29.8 Å². The number of nitrogens with two attached hydrogens (primary N) is 1. The van der Waals surface area contributed by atoms with Crippen molar-refractivity contribution in [2.24, 2.45) is 5.92 Å². The van der Waals surface area contributed by atoms with Gasteiger partial charge >= 0.3 is 0 Å². The maximum Gasteiger partial charge on any atom is 0.240 e. The highest BCUT2D eigenvalue weighted by Crippen LogP contribution is 2.60. The molecule has 4 nitrogen and oxygen atoms in total. The molecule has 1 aromatic carbocycles. The first-order chi connectivity index (χ1) is 8.48. The van der Waals surface area contributed by atoms with E-state index in [1.54, 1.807) is 12.1 Å². The molecule has 94 valence electrons. The zero-order valence-electron chi connectivity index (χ0n) is 10.5. The number of carbonyl (C=O) groups excluding carboxylic acids is 2. The summed E-state index contributed by atoms with van der Waals surface area (Å²) in [6, 6.07) is 7.24. The van der Waals surface area contributed by atoms with Gasteiger partial charge in [-0.1, -0.05) is 12.1 Å². The number of piperidine rings is 1. The van der Waals surface area contributed by atoms with Gasteiger partial charge < -0.3 is 5.73 Å². The molecule has 2 atom stereocenters. The Morgan fingerprint density at radius 2 is 1.89 bits per heavy atom. The fourth-order valence-corrected chi connectivity index (χ4v) is 2.99. The van der Waals surface area contributed by atoms with Crippen LogP contribution in [0.1, 0.15) is 25.8 Å². The molecule has 1 heterocycles. The third-order valence-electron chi connectivity index (χ3n) is 4.04. The van der Waals surface area contributed by atoms with Gasteiger partial charge in [-0.2, -0.15) is 0 Å². The van der Waals surface area contributed by atoms with Crippen LogP contribution in [0.2, 0.25) is 0 Å². The Labute approximate surface area is 106 Å². The van der Waals surface area contributed by atoms with Gasteiger partial charge in [-0.3, -0.25) is 14.5 Å². The molecule has 2 unspecified atom stereocenters. The van der Waals surface area contributed by atoms with Crippen LogP contribution in [0.5, 0.6) is 0 Å². The molecule has 1 aromatic rings. The van der Waals surface area contributed by atoms with Gasteiger partial charge in [-0.25, -0.2) is 0 Å². The molecule has 1 saturated carbocycles. The summed E-state index contributed by atoms with van der Waals surface area (Å²) in [6.45, 7) is 3.74. The molecular formula is C14H16N2O2. The number of carbonyl (C=O) groups is 2. The summed E-state index contributed by atoms with van der Waals surface area (Å²) in [7, 11) is 0. The minimum absolute atomic E-state index is 0.0215. The fraction of sp³-hybridized carbons (Fsp3) is 0.429. The number of fused-ring (bicyclic) bond motifs is 1. The van der Waals surface area contributed by atoms with E-state index < -0.39 is 5.41 Å². The van der Waals surface area contributed by atoms with Gasteiger partial charge in [0.05, 0.1) is 11.3 Å². The third-order valence-corrected chi connectivity index (χ3v) is 4.04. The van der Waals surface area contributed by atoms with Gasteiger partial charge in [0.1, 0.15) is 0 Å². The SMILES string of the molecule is CC(C)N1C(=O)C2CC2(c2ccc(N)cc2)C1=O. The largest absolute Gasteiger partial charge is 0.399 e. The number of likely N-dealkylation sites (tertiary alicyclic amines) is 1. The molecule has 4 heteroatoms. The van der Waals surface area contributed by atoms with Crippen molar-refractivity contribution in [1.82, 2.24) is 4.90 Å². The number of amides is 2. The van der Waals surface area contributed by atoms with Crippen LogP contribution < -0.4 is 5.73 Å². The molecule has 2 N–H and O–H groups in total. The molecule has 0 radical (unpaired) electrons. The number of imide groups is 1. The zero-order valence-corrected chi connectivity index (χ0v) is 10.5. The Morgan fingerprint density at radius 3 is 2.39 bits per heavy atom. The van der Waals surface area contributed by atoms with Crippen molar-refractivity contribution < 1.29 is 9.59 Å². The molecule has 0 bridgehead atoms. The second-order valence-electron chi connectivity index (χ2n) is 5.46. The molecule has 2 amide bonds. The van der Waals surface area contributed by atoms with E-state index in [0.29, 0.717) is 12.1 Å². The van der Waals surface area contributed by atoms with Crippen molar-refractivity contribution >= 4 is 17.5 Å². The molecule has 1 aliphatic heterocycles. The van der Waals surface area contributed by atoms with E-state index in [1.165, 1.54) is 4.90 Å². The van der Waals surface area contributed by atoms with E-state index >= 15 is 0 Å². The van der Waals surface area contributed by atoms with Crippen LogP contribution in [-0.2, 0) is 15.0 Å². The predicted octanol–water partition coefficient (Wildman–Crippen LogP) is 1.30.